The van der Waals surface area contributed by atoms with Crippen LogP contribution in [0.3, 0.4) is 0 Å². The normalized spacial score (nSPS) is 28.2. The van der Waals surface area contributed by atoms with Crippen molar-refractivity contribution in [3.8, 4) is 0 Å². The molecule has 0 heterocycles. The molecule has 1 rings (SSSR count). The lowest BCUT2D eigenvalue weighted by molar-refractivity contribution is -0.171. The fraction of sp³-hybridized carbons (Fsp3) is 0.917. The molecule has 1 amide bonds. The summed E-state index contributed by atoms with van der Waals surface area (Å²) in [5.74, 6) is -0.544. The topological polar surface area (TPSA) is 64.3 Å². The summed E-state index contributed by atoms with van der Waals surface area (Å²) in [6.07, 6.45) is -5.15. The van der Waals surface area contributed by atoms with Crippen LogP contribution in [-0.4, -0.2) is 36.9 Å². The monoisotopic (exact) mass is 318 g/mol. The van der Waals surface area contributed by atoms with Crippen LogP contribution < -0.4 is 11.1 Å². The number of halogens is 4. The molecule has 0 bridgehead atoms. The highest BCUT2D eigenvalue weighted by Gasteiger charge is 2.62. The Bertz CT molecular complexity index is 350. The summed E-state index contributed by atoms with van der Waals surface area (Å²) < 4.78 is 41.5. The third-order valence-corrected chi connectivity index (χ3v) is 3.93. The van der Waals surface area contributed by atoms with Crippen LogP contribution in [0.15, 0.2) is 0 Å². The molecule has 0 spiro atoms. The van der Waals surface area contributed by atoms with Crippen molar-refractivity contribution in [1.82, 2.24) is 5.32 Å². The Morgan fingerprint density at radius 2 is 2.00 bits per heavy atom. The molecule has 0 aromatic carbocycles. The first-order valence-corrected chi connectivity index (χ1v) is 6.30. The molecular weight excluding hydrogens is 297 g/mol. The van der Waals surface area contributed by atoms with Gasteiger partial charge < -0.3 is 15.8 Å². The number of carbonyl (C=O) groups is 1. The molecule has 1 aliphatic rings. The quantitative estimate of drug-likeness (QED) is 0.815. The second-order valence-corrected chi connectivity index (χ2v) is 5.46. The van der Waals surface area contributed by atoms with Gasteiger partial charge in [0.25, 0.3) is 0 Å². The zero-order chi connectivity index (χ0) is 14.9. The lowest BCUT2D eigenvalue weighted by atomic mass is 9.54. The zero-order valence-corrected chi connectivity index (χ0v) is 12.7. The minimum absolute atomic E-state index is 0. The van der Waals surface area contributed by atoms with E-state index in [1.165, 1.54) is 0 Å². The van der Waals surface area contributed by atoms with E-state index in [0.29, 0.717) is 13.0 Å². The Labute approximate surface area is 123 Å². The number of ether oxygens (including phenoxy) is 1. The van der Waals surface area contributed by atoms with E-state index in [0.717, 1.165) is 0 Å². The smallest absolute Gasteiger partial charge is 0.378 e. The van der Waals surface area contributed by atoms with Crippen LogP contribution in [0.4, 0.5) is 13.2 Å². The molecule has 3 N–H and O–H groups in total. The van der Waals surface area contributed by atoms with Crippen LogP contribution in [0.2, 0.25) is 0 Å². The van der Waals surface area contributed by atoms with Crippen LogP contribution in [0, 0.1) is 5.41 Å². The zero-order valence-electron chi connectivity index (χ0n) is 11.8. The average Bonchev–Trinajstić information content (AvgIpc) is 2.26. The van der Waals surface area contributed by atoms with Crippen molar-refractivity contribution < 1.29 is 22.7 Å². The molecular formula is C12H22ClF3N2O2. The molecule has 4 nitrogen and oxygen atoms in total. The number of nitrogens with one attached hydrogen (secondary N) is 1. The highest BCUT2D eigenvalue weighted by molar-refractivity contribution is 5.88. The van der Waals surface area contributed by atoms with Crippen molar-refractivity contribution in [2.45, 2.75) is 51.4 Å². The van der Waals surface area contributed by atoms with Gasteiger partial charge in [0.2, 0.25) is 5.91 Å². The van der Waals surface area contributed by atoms with Crippen LogP contribution >= 0.6 is 12.4 Å². The maximum absolute atomic E-state index is 12.0. The van der Waals surface area contributed by atoms with E-state index >= 15 is 0 Å². The van der Waals surface area contributed by atoms with E-state index in [4.69, 9.17) is 10.5 Å². The Morgan fingerprint density at radius 1 is 1.45 bits per heavy atom. The number of nitrogens with two attached hydrogens (primary N) is 1. The van der Waals surface area contributed by atoms with E-state index in [2.05, 4.69) is 5.32 Å². The predicted octanol–water partition coefficient (Wildman–Crippen LogP) is 2.01. The maximum atomic E-state index is 12.0. The largest absolute Gasteiger partial charge is 0.390 e. The number of carbonyl (C=O) groups excluding carboxylic acids is 1. The third kappa shape index (κ3) is 3.77. The van der Waals surface area contributed by atoms with Gasteiger partial charge >= 0.3 is 6.18 Å². The molecule has 1 saturated carbocycles. The van der Waals surface area contributed by atoms with Crippen LogP contribution in [0.25, 0.3) is 0 Å². The van der Waals surface area contributed by atoms with E-state index in [9.17, 15) is 18.0 Å². The molecule has 2 atom stereocenters. The summed E-state index contributed by atoms with van der Waals surface area (Å²) in [5.41, 5.74) is 4.26. The molecule has 0 aromatic rings. The van der Waals surface area contributed by atoms with Crippen molar-refractivity contribution in [2.24, 2.45) is 11.1 Å². The standard InChI is InChI=1S/C12H21F3N2O2.ClH/c1-4-19-8-7-11(16,10(8,2)3)9(18)17-6-5-12(13,14)15;/h8H,4-7,16H2,1-3H3,(H,17,18);1H. The molecule has 0 aliphatic heterocycles. The van der Waals surface area contributed by atoms with Gasteiger partial charge in [0.15, 0.2) is 0 Å². The van der Waals surface area contributed by atoms with Gasteiger partial charge in [0, 0.05) is 25.0 Å². The number of hydrogen-bond acceptors (Lipinski definition) is 3. The molecule has 0 aromatic heterocycles. The second-order valence-electron chi connectivity index (χ2n) is 5.46. The third-order valence-electron chi connectivity index (χ3n) is 3.93. The number of amides is 1. The molecule has 1 aliphatic carbocycles. The Morgan fingerprint density at radius 3 is 2.40 bits per heavy atom. The number of rotatable bonds is 5. The number of hydrogen-bond donors (Lipinski definition) is 2. The first-order chi connectivity index (χ1) is 8.54. The fourth-order valence-electron chi connectivity index (χ4n) is 2.30. The Hall–Kier alpha value is -0.530. The molecule has 20 heavy (non-hydrogen) atoms. The van der Waals surface area contributed by atoms with Gasteiger partial charge in [0.1, 0.15) is 5.54 Å². The SMILES string of the molecule is CCOC1CC(N)(C(=O)NCCC(F)(F)F)C1(C)C.Cl. The van der Waals surface area contributed by atoms with Gasteiger partial charge in [0.05, 0.1) is 12.5 Å². The van der Waals surface area contributed by atoms with Gasteiger partial charge in [-0.1, -0.05) is 13.8 Å². The fourth-order valence-corrected chi connectivity index (χ4v) is 2.30. The predicted molar refractivity (Wildman–Crippen MR) is 71.7 cm³/mol. The van der Waals surface area contributed by atoms with Crippen LogP contribution in [0.5, 0.6) is 0 Å². The summed E-state index contributed by atoms with van der Waals surface area (Å²) in [5, 5.41) is 2.26. The van der Waals surface area contributed by atoms with Gasteiger partial charge in [-0.25, -0.2) is 0 Å². The summed E-state index contributed by atoms with van der Waals surface area (Å²) in [6.45, 7) is 5.49. The average molecular weight is 319 g/mol. The maximum Gasteiger partial charge on any atom is 0.390 e. The minimum atomic E-state index is -4.28. The van der Waals surface area contributed by atoms with Gasteiger partial charge in [-0.2, -0.15) is 13.2 Å². The summed E-state index contributed by atoms with van der Waals surface area (Å²) in [6, 6.07) is 0. The molecule has 0 saturated heterocycles. The Balaban J connectivity index is 0.00000361. The van der Waals surface area contributed by atoms with Gasteiger partial charge in [-0.15, -0.1) is 12.4 Å². The van der Waals surface area contributed by atoms with E-state index < -0.39 is 36.0 Å². The molecule has 8 heteroatoms. The molecule has 2 unspecified atom stereocenters. The van der Waals surface area contributed by atoms with E-state index in [-0.39, 0.29) is 18.5 Å². The second kappa shape index (κ2) is 6.49. The van der Waals surface area contributed by atoms with Gasteiger partial charge in [-0.3, -0.25) is 4.79 Å². The number of alkyl halides is 3. The summed E-state index contributed by atoms with van der Waals surface area (Å²) >= 11 is 0. The highest BCUT2D eigenvalue weighted by atomic mass is 35.5. The first kappa shape index (κ1) is 19.5. The van der Waals surface area contributed by atoms with Crippen molar-refractivity contribution >= 4 is 18.3 Å². The highest BCUT2D eigenvalue weighted by Crippen LogP contribution is 2.49. The van der Waals surface area contributed by atoms with Crippen molar-refractivity contribution in [3.05, 3.63) is 0 Å². The lowest BCUT2D eigenvalue weighted by Crippen LogP contribution is -2.75. The van der Waals surface area contributed by atoms with Crippen molar-refractivity contribution in [1.29, 1.82) is 0 Å². The van der Waals surface area contributed by atoms with Crippen LogP contribution in [-0.2, 0) is 9.53 Å². The summed E-state index contributed by atoms with van der Waals surface area (Å²) in [7, 11) is 0. The van der Waals surface area contributed by atoms with E-state index in [1.54, 1.807) is 13.8 Å². The first-order valence-electron chi connectivity index (χ1n) is 6.30. The van der Waals surface area contributed by atoms with E-state index in [1.807, 2.05) is 6.92 Å². The molecule has 0 radical (unpaired) electrons. The lowest BCUT2D eigenvalue weighted by Gasteiger charge is -2.57. The molecule has 120 valence electrons. The van der Waals surface area contributed by atoms with Crippen molar-refractivity contribution in [3.63, 3.8) is 0 Å². The van der Waals surface area contributed by atoms with Gasteiger partial charge in [-0.05, 0) is 6.92 Å². The van der Waals surface area contributed by atoms with Crippen LogP contribution in [0.1, 0.15) is 33.6 Å². The molecule has 1 fully saturated rings. The van der Waals surface area contributed by atoms with Crippen molar-refractivity contribution in [2.75, 3.05) is 13.2 Å². The Kier molecular flexibility index (Phi) is 6.32. The summed E-state index contributed by atoms with van der Waals surface area (Å²) in [4.78, 5) is 11.9. The minimum Gasteiger partial charge on any atom is -0.378 e.